The van der Waals surface area contributed by atoms with Crippen LogP contribution in [0.5, 0.6) is 0 Å². The fourth-order valence-electron chi connectivity index (χ4n) is 2.44. The number of nitro groups is 1. The number of nitrogens with one attached hydrogen (secondary N) is 1. The number of amides is 1. The number of rotatable bonds is 6. The van der Waals surface area contributed by atoms with Gasteiger partial charge in [-0.3, -0.25) is 14.9 Å². The molecule has 0 heterocycles. The van der Waals surface area contributed by atoms with Gasteiger partial charge >= 0.3 is 0 Å². The zero-order valence-electron chi connectivity index (χ0n) is 15.0. The Kier molecular flexibility index (Phi) is 6.06. The number of halogens is 1. The first-order valence-corrected chi connectivity index (χ1v) is 10.6. The monoisotopic (exact) mass is 454 g/mol. The van der Waals surface area contributed by atoms with Gasteiger partial charge in [0, 0.05) is 40.4 Å². The molecule has 9 heteroatoms. The van der Waals surface area contributed by atoms with Crippen molar-refractivity contribution in [3.05, 3.63) is 68.2 Å². The third-order valence-electron chi connectivity index (χ3n) is 4.11. The summed E-state index contributed by atoms with van der Waals surface area (Å²) in [6.07, 6.45) is 0.935. The summed E-state index contributed by atoms with van der Waals surface area (Å²) in [5.74, 6) is -0.575. The van der Waals surface area contributed by atoms with Crippen LogP contribution in [0, 0.1) is 10.1 Å². The number of nitrogens with zero attached hydrogens (tertiary/aromatic N) is 1. The van der Waals surface area contributed by atoms with Gasteiger partial charge < -0.3 is 5.32 Å². The Hall–Kier alpha value is -2.26. The number of hydrogen-bond donors (Lipinski definition) is 1. The highest BCUT2D eigenvalue weighted by atomic mass is 79.9. The van der Waals surface area contributed by atoms with Crippen LogP contribution in [0.2, 0.25) is 0 Å². The third-order valence-corrected chi connectivity index (χ3v) is 5.73. The molecule has 0 aliphatic rings. The molecule has 0 spiro atoms. The third kappa shape index (κ3) is 5.36. The van der Waals surface area contributed by atoms with E-state index in [1.165, 1.54) is 0 Å². The van der Waals surface area contributed by atoms with Crippen molar-refractivity contribution in [3.63, 3.8) is 0 Å². The van der Waals surface area contributed by atoms with Crippen molar-refractivity contribution < 1.29 is 18.1 Å². The maximum atomic E-state index is 12.5. The predicted molar refractivity (Wildman–Crippen MR) is 106 cm³/mol. The standard InChI is InChI=1S/C18H19BrN2O5S/c1-18(2,13-4-6-14(19)7-5-13)11-20-17(22)12-8-15(21(23)24)10-16(9-12)27(3,25)26/h4-10H,11H2,1-3H3,(H,20,22). The summed E-state index contributed by atoms with van der Waals surface area (Å²) < 4.78 is 24.4. The minimum atomic E-state index is -3.69. The van der Waals surface area contributed by atoms with Gasteiger partial charge in [-0.15, -0.1) is 0 Å². The van der Waals surface area contributed by atoms with Crippen molar-refractivity contribution >= 4 is 37.4 Å². The molecule has 1 amide bonds. The summed E-state index contributed by atoms with van der Waals surface area (Å²) in [4.78, 5) is 22.6. The SMILES string of the molecule is CC(C)(CNC(=O)c1cc([N+](=O)[O-])cc(S(C)(=O)=O)c1)c1ccc(Br)cc1. The van der Waals surface area contributed by atoms with Crippen LogP contribution < -0.4 is 5.32 Å². The van der Waals surface area contributed by atoms with Crippen LogP contribution in [0.3, 0.4) is 0 Å². The van der Waals surface area contributed by atoms with Crippen LogP contribution >= 0.6 is 15.9 Å². The molecule has 0 atom stereocenters. The lowest BCUT2D eigenvalue weighted by Crippen LogP contribution is -2.36. The van der Waals surface area contributed by atoms with E-state index in [-0.39, 0.29) is 17.0 Å². The maximum Gasteiger partial charge on any atom is 0.271 e. The van der Waals surface area contributed by atoms with E-state index in [1.54, 1.807) is 0 Å². The molecule has 144 valence electrons. The summed E-state index contributed by atoms with van der Waals surface area (Å²) in [7, 11) is -3.69. The molecule has 2 aromatic rings. The van der Waals surface area contributed by atoms with Gasteiger partial charge in [-0.05, 0) is 23.8 Å². The van der Waals surface area contributed by atoms with E-state index >= 15 is 0 Å². The molecule has 0 saturated heterocycles. The topological polar surface area (TPSA) is 106 Å². The lowest BCUT2D eigenvalue weighted by Gasteiger charge is -2.25. The van der Waals surface area contributed by atoms with Gasteiger partial charge in [-0.2, -0.15) is 0 Å². The molecule has 0 fully saturated rings. The van der Waals surface area contributed by atoms with Crippen molar-refractivity contribution in [2.75, 3.05) is 12.8 Å². The highest BCUT2D eigenvalue weighted by molar-refractivity contribution is 9.10. The van der Waals surface area contributed by atoms with E-state index in [1.807, 2.05) is 38.1 Å². The number of carbonyl (C=O) groups is 1. The number of nitro benzene ring substituents is 1. The van der Waals surface area contributed by atoms with Crippen molar-refractivity contribution in [2.45, 2.75) is 24.2 Å². The average Bonchev–Trinajstić information content (AvgIpc) is 2.59. The van der Waals surface area contributed by atoms with E-state index in [9.17, 15) is 23.3 Å². The second-order valence-corrected chi connectivity index (χ2v) is 9.75. The van der Waals surface area contributed by atoms with Crippen molar-refractivity contribution in [1.82, 2.24) is 5.32 Å². The van der Waals surface area contributed by atoms with Crippen LogP contribution in [0.25, 0.3) is 0 Å². The van der Waals surface area contributed by atoms with Gasteiger partial charge in [-0.25, -0.2) is 8.42 Å². The number of carbonyl (C=O) groups excluding carboxylic acids is 1. The molecule has 0 saturated carbocycles. The van der Waals surface area contributed by atoms with Gasteiger partial charge in [0.1, 0.15) is 0 Å². The fraction of sp³-hybridized carbons (Fsp3) is 0.278. The van der Waals surface area contributed by atoms with E-state index in [2.05, 4.69) is 21.2 Å². The summed E-state index contributed by atoms with van der Waals surface area (Å²) in [5, 5.41) is 13.8. The van der Waals surface area contributed by atoms with Crippen LogP contribution in [-0.2, 0) is 15.3 Å². The Morgan fingerprint density at radius 1 is 1.19 bits per heavy atom. The van der Waals surface area contributed by atoms with Gasteiger partial charge in [0.25, 0.3) is 11.6 Å². The summed E-state index contributed by atoms with van der Waals surface area (Å²) in [6, 6.07) is 10.8. The molecule has 1 N–H and O–H groups in total. The normalized spacial score (nSPS) is 11.9. The molecule has 0 radical (unpaired) electrons. The Morgan fingerprint density at radius 3 is 2.30 bits per heavy atom. The molecular weight excluding hydrogens is 436 g/mol. The first kappa shape index (κ1) is 21.0. The highest BCUT2D eigenvalue weighted by Crippen LogP contribution is 2.25. The number of hydrogen-bond acceptors (Lipinski definition) is 5. The lowest BCUT2D eigenvalue weighted by atomic mass is 9.84. The first-order chi connectivity index (χ1) is 12.4. The lowest BCUT2D eigenvalue weighted by molar-refractivity contribution is -0.385. The van der Waals surface area contributed by atoms with Gasteiger partial charge in [0.15, 0.2) is 9.84 Å². The Morgan fingerprint density at radius 2 is 1.78 bits per heavy atom. The predicted octanol–water partition coefficient (Wildman–Crippen LogP) is 3.47. The number of non-ortho nitro benzene ring substituents is 1. The Bertz CT molecular complexity index is 985. The minimum Gasteiger partial charge on any atom is -0.351 e. The van der Waals surface area contributed by atoms with Gasteiger partial charge in [0.05, 0.1) is 9.82 Å². The second kappa shape index (κ2) is 7.77. The Balaban J connectivity index is 2.26. The number of benzene rings is 2. The highest BCUT2D eigenvalue weighted by Gasteiger charge is 2.23. The molecule has 0 bridgehead atoms. The zero-order valence-corrected chi connectivity index (χ0v) is 17.4. The fourth-order valence-corrected chi connectivity index (χ4v) is 3.38. The molecular formula is C18H19BrN2O5S. The van der Waals surface area contributed by atoms with E-state index in [4.69, 9.17) is 0 Å². The molecule has 0 aromatic heterocycles. The zero-order chi connectivity index (χ0) is 20.4. The molecule has 27 heavy (non-hydrogen) atoms. The molecule has 7 nitrogen and oxygen atoms in total. The summed E-state index contributed by atoms with van der Waals surface area (Å²) >= 11 is 3.37. The first-order valence-electron chi connectivity index (χ1n) is 7.94. The van der Waals surface area contributed by atoms with Crippen LogP contribution in [0.4, 0.5) is 5.69 Å². The van der Waals surface area contributed by atoms with Crippen molar-refractivity contribution in [3.8, 4) is 0 Å². The van der Waals surface area contributed by atoms with E-state index in [0.29, 0.717) is 0 Å². The molecule has 0 unspecified atom stereocenters. The van der Waals surface area contributed by atoms with Gasteiger partial charge in [-0.1, -0.05) is 41.9 Å². The minimum absolute atomic E-state index is 0.0729. The van der Waals surface area contributed by atoms with Gasteiger partial charge in [0.2, 0.25) is 0 Å². The van der Waals surface area contributed by atoms with Crippen LogP contribution in [0.1, 0.15) is 29.8 Å². The largest absolute Gasteiger partial charge is 0.351 e. The smallest absolute Gasteiger partial charge is 0.271 e. The molecule has 0 aliphatic heterocycles. The number of sulfone groups is 1. The average molecular weight is 455 g/mol. The van der Waals surface area contributed by atoms with Crippen molar-refractivity contribution in [2.24, 2.45) is 0 Å². The van der Waals surface area contributed by atoms with Crippen LogP contribution in [0.15, 0.2) is 51.8 Å². The Labute approximate surface area is 166 Å². The van der Waals surface area contributed by atoms with E-state index < -0.39 is 31.8 Å². The van der Waals surface area contributed by atoms with Crippen molar-refractivity contribution in [1.29, 1.82) is 0 Å². The molecule has 2 aromatic carbocycles. The maximum absolute atomic E-state index is 12.5. The molecule has 0 aliphatic carbocycles. The quantitative estimate of drug-likeness (QED) is 0.530. The second-order valence-electron chi connectivity index (χ2n) is 6.82. The molecule has 2 rings (SSSR count). The summed E-state index contributed by atoms with van der Waals surface area (Å²) in [5.41, 5.74) is 0.0878. The van der Waals surface area contributed by atoms with E-state index in [0.717, 1.165) is 34.5 Å². The van der Waals surface area contributed by atoms with Crippen LogP contribution in [-0.4, -0.2) is 32.0 Å². The summed E-state index contributed by atoms with van der Waals surface area (Å²) in [6.45, 7) is 4.17.